The van der Waals surface area contributed by atoms with Gasteiger partial charge in [-0.25, -0.2) is 4.79 Å². The third kappa shape index (κ3) is 3.02. The van der Waals surface area contributed by atoms with E-state index < -0.39 is 5.97 Å². The van der Waals surface area contributed by atoms with Crippen molar-refractivity contribution in [3.05, 3.63) is 64.7 Å². The van der Waals surface area contributed by atoms with Crippen LogP contribution in [0.4, 0.5) is 5.69 Å². The van der Waals surface area contributed by atoms with Crippen LogP contribution in [-0.4, -0.2) is 5.97 Å². The molecule has 0 aliphatic rings. The van der Waals surface area contributed by atoms with E-state index in [1.165, 1.54) is 6.07 Å². The lowest BCUT2D eigenvalue weighted by atomic mass is 10.2. The van der Waals surface area contributed by atoms with Gasteiger partial charge in [-0.15, -0.1) is 0 Å². The summed E-state index contributed by atoms with van der Waals surface area (Å²) < 4.78 is 5.17. The molecule has 0 radical (unpaired) electrons. The summed E-state index contributed by atoms with van der Waals surface area (Å²) in [4.78, 5) is 11.8. The number of nitrogen functional groups attached to an aromatic ring is 1. The maximum absolute atomic E-state index is 11.8. The quantitative estimate of drug-likeness (QED) is 0.681. The predicted octanol–water partition coefficient (Wildman–Crippen LogP) is 3.28. The fourth-order valence-electron chi connectivity index (χ4n) is 1.52. The lowest BCUT2D eigenvalue weighted by Crippen LogP contribution is -2.08. The van der Waals surface area contributed by atoms with Gasteiger partial charge in [0, 0.05) is 10.7 Å². The number of benzene rings is 2. The Morgan fingerprint density at radius 1 is 1.17 bits per heavy atom. The number of esters is 1. The summed E-state index contributed by atoms with van der Waals surface area (Å²) in [5.41, 5.74) is 7.28. The third-order valence-corrected chi connectivity index (χ3v) is 2.68. The van der Waals surface area contributed by atoms with Crippen molar-refractivity contribution in [2.45, 2.75) is 6.61 Å². The van der Waals surface area contributed by atoms with Crippen molar-refractivity contribution in [2.24, 2.45) is 0 Å². The van der Waals surface area contributed by atoms with Crippen LogP contribution in [0, 0.1) is 0 Å². The van der Waals surface area contributed by atoms with Gasteiger partial charge in [0.05, 0.1) is 5.56 Å². The molecule has 0 amide bonds. The maximum atomic E-state index is 11.8. The van der Waals surface area contributed by atoms with Crippen LogP contribution in [0.25, 0.3) is 0 Å². The fourth-order valence-corrected chi connectivity index (χ4v) is 1.70. The molecule has 0 saturated carbocycles. The number of hydrogen-bond acceptors (Lipinski definition) is 3. The highest BCUT2D eigenvalue weighted by Gasteiger charge is 2.11. The molecule has 0 spiro atoms. The van der Waals surface area contributed by atoms with Crippen molar-refractivity contribution in [2.75, 3.05) is 5.73 Å². The van der Waals surface area contributed by atoms with Crippen molar-refractivity contribution < 1.29 is 9.53 Å². The van der Waals surface area contributed by atoms with Gasteiger partial charge >= 0.3 is 5.97 Å². The number of anilines is 1. The maximum Gasteiger partial charge on any atom is 0.340 e. The molecule has 0 fully saturated rings. The molecule has 0 aromatic heterocycles. The van der Waals surface area contributed by atoms with Crippen molar-refractivity contribution in [3.8, 4) is 0 Å². The molecular formula is C14H12ClNO2. The van der Waals surface area contributed by atoms with Gasteiger partial charge < -0.3 is 10.5 Å². The lowest BCUT2D eigenvalue weighted by molar-refractivity contribution is 0.0474. The van der Waals surface area contributed by atoms with E-state index in [4.69, 9.17) is 22.1 Å². The first-order valence-corrected chi connectivity index (χ1v) is 5.80. The second-order valence-corrected chi connectivity index (χ2v) is 4.23. The van der Waals surface area contributed by atoms with Crippen LogP contribution in [0.5, 0.6) is 0 Å². The first kappa shape index (κ1) is 12.5. The highest BCUT2D eigenvalue weighted by atomic mass is 35.5. The normalized spacial score (nSPS) is 10.1. The molecule has 2 rings (SSSR count). The molecule has 0 unspecified atom stereocenters. The van der Waals surface area contributed by atoms with Gasteiger partial charge in [-0.05, 0) is 23.8 Å². The average molecular weight is 262 g/mol. The molecule has 0 aliphatic heterocycles. The van der Waals surface area contributed by atoms with E-state index in [9.17, 15) is 4.79 Å². The monoisotopic (exact) mass is 261 g/mol. The van der Waals surface area contributed by atoms with Crippen LogP contribution in [0.1, 0.15) is 15.9 Å². The first-order chi connectivity index (χ1) is 8.66. The van der Waals surface area contributed by atoms with Gasteiger partial charge in [-0.1, -0.05) is 41.9 Å². The van der Waals surface area contributed by atoms with Gasteiger partial charge in [-0.2, -0.15) is 0 Å². The SMILES string of the molecule is Nc1cc(Cl)ccc1C(=O)OCc1ccccc1. The standard InChI is InChI=1S/C14H12ClNO2/c15-11-6-7-12(13(16)8-11)14(17)18-9-10-4-2-1-3-5-10/h1-8H,9,16H2. The second kappa shape index (κ2) is 5.56. The summed E-state index contributed by atoms with van der Waals surface area (Å²) >= 11 is 5.76. The Bertz CT molecular complexity index is 555. The average Bonchev–Trinajstić information content (AvgIpc) is 2.37. The molecular weight excluding hydrogens is 250 g/mol. The largest absolute Gasteiger partial charge is 0.457 e. The fraction of sp³-hybridized carbons (Fsp3) is 0.0714. The van der Waals surface area contributed by atoms with Crippen LogP contribution in [0.2, 0.25) is 5.02 Å². The van der Waals surface area contributed by atoms with Crippen LogP contribution < -0.4 is 5.73 Å². The van der Waals surface area contributed by atoms with Gasteiger partial charge in [0.2, 0.25) is 0 Å². The van der Waals surface area contributed by atoms with Crippen LogP contribution >= 0.6 is 11.6 Å². The molecule has 2 aromatic carbocycles. The molecule has 0 aliphatic carbocycles. The van der Waals surface area contributed by atoms with Gasteiger partial charge in [0.1, 0.15) is 6.61 Å². The third-order valence-electron chi connectivity index (χ3n) is 2.45. The smallest absolute Gasteiger partial charge is 0.340 e. The van der Waals surface area contributed by atoms with Crippen LogP contribution in [0.15, 0.2) is 48.5 Å². The molecule has 0 heterocycles. The molecule has 3 nitrogen and oxygen atoms in total. The molecule has 0 saturated heterocycles. The summed E-state index contributed by atoms with van der Waals surface area (Å²) in [6.07, 6.45) is 0. The minimum Gasteiger partial charge on any atom is -0.457 e. The van der Waals surface area contributed by atoms with Crippen molar-refractivity contribution in [1.82, 2.24) is 0 Å². The highest BCUT2D eigenvalue weighted by Crippen LogP contribution is 2.19. The second-order valence-electron chi connectivity index (χ2n) is 3.79. The number of carbonyl (C=O) groups excluding carboxylic acids is 1. The molecule has 0 bridgehead atoms. The Morgan fingerprint density at radius 3 is 2.56 bits per heavy atom. The first-order valence-electron chi connectivity index (χ1n) is 5.43. The molecule has 92 valence electrons. The van der Waals surface area contributed by atoms with Crippen LogP contribution in [0.3, 0.4) is 0 Å². The van der Waals surface area contributed by atoms with Crippen LogP contribution in [-0.2, 0) is 11.3 Å². The van der Waals surface area contributed by atoms with Crippen molar-refractivity contribution >= 4 is 23.3 Å². The summed E-state index contributed by atoms with van der Waals surface area (Å²) in [6, 6.07) is 14.2. The Hall–Kier alpha value is -2.00. The number of rotatable bonds is 3. The summed E-state index contributed by atoms with van der Waals surface area (Å²) in [5, 5.41) is 0.493. The molecule has 18 heavy (non-hydrogen) atoms. The Morgan fingerprint density at radius 2 is 1.89 bits per heavy atom. The summed E-state index contributed by atoms with van der Waals surface area (Å²) in [5.74, 6) is -0.451. The van der Waals surface area contributed by atoms with E-state index in [-0.39, 0.29) is 6.61 Å². The van der Waals surface area contributed by atoms with E-state index in [1.54, 1.807) is 12.1 Å². The zero-order valence-corrected chi connectivity index (χ0v) is 10.4. The minimum absolute atomic E-state index is 0.224. The minimum atomic E-state index is -0.451. The Kier molecular flexibility index (Phi) is 3.85. The number of hydrogen-bond donors (Lipinski definition) is 1. The number of ether oxygens (including phenoxy) is 1. The number of nitrogens with two attached hydrogens (primary N) is 1. The summed E-state index contributed by atoms with van der Waals surface area (Å²) in [6.45, 7) is 0.224. The zero-order chi connectivity index (χ0) is 13.0. The molecule has 2 aromatic rings. The number of carbonyl (C=O) groups is 1. The van der Waals surface area contributed by atoms with Gasteiger partial charge in [0.15, 0.2) is 0 Å². The Balaban J connectivity index is 2.04. The molecule has 0 atom stereocenters. The van der Waals surface area contributed by atoms with Gasteiger partial charge in [-0.3, -0.25) is 0 Å². The van der Waals surface area contributed by atoms with E-state index in [2.05, 4.69) is 0 Å². The Labute approximate surface area is 110 Å². The number of halogens is 1. The molecule has 4 heteroatoms. The predicted molar refractivity (Wildman–Crippen MR) is 71.4 cm³/mol. The summed E-state index contributed by atoms with van der Waals surface area (Å²) in [7, 11) is 0. The van der Waals surface area contributed by atoms with E-state index in [0.717, 1.165) is 5.56 Å². The topological polar surface area (TPSA) is 52.3 Å². The van der Waals surface area contributed by atoms with E-state index in [0.29, 0.717) is 16.3 Å². The molecule has 2 N–H and O–H groups in total. The van der Waals surface area contributed by atoms with Crippen molar-refractivity contribution in [3.63, 3.8) is 0 Å². The van der Waals surface area contributed by atoms with Crippen molar-refractivity contribution in [1.29, 1.82) is 0 Å². The van der Waals surface area contributed by atoms with E-state index in [1.807, 2.05) is 30.3 Å². The van der Waals surface area contributed by atoms with Gasteiger partial charge in [0.25, 0.3) is 0 Å². The highest BCUT2D eigenvalue weighted by molar-refractivity contribution is 6.31. The zero-order valence-electron chi connectivity index (χ0n) is 9.60. The lowest BCUT2D eigenvalue weighted by Gasteiger charge is -2.07. The van der Waals surface area contributed by atoms with E-state index >= 15 is 0 Å².